The van der Waals surface area contributed by atoms with Gasteiger partial charge in [0.05, 0.1) is 12.4 Å². The third-order valence-electron chi connectivity index (χ3n) is 2.96. The van der Waals surface area contributed by atoms with Crippen molar-refractivity contribution < 1.29 is 9.53 Å². The van der Waals surface area contributed by atoms with Crippen molar-refractivity contribution in [1.29, 1.82) is 0 Å². The van der Waals surface area contributed by atoms with Crippen LogP contribution >= 0.6 is 23.1 Å². The summed E-state index contributed by atoms with van der Waals surface area (Å²) in [6.45, 7) is 2.88. The molecule has 0 unspecified atom stereocenters. The topological polar surface area (TPSA) is 38.3 Å². The fourth-order valence-corrected chi connectivity index (χ4v) is 3.47. The normalized spacial score (nSPS) is 10.4. The number of thiophene rings is 1. The number of carbonyl (C=O) groups excluding carboxylic acids is 1. The molecule has 2 aromatic rings. The van der Waals surface area contributed by atoms with Crippen molar-refractivity contribution in [3.05, 3.63) is 46.7 Å². The Kier molecular flexibility index (Phi) is 7.33. The first kappa shape index (κ1) is 16.9. The van der Waals surface area contributed by atoms with Crippen LogP contribution in [0.25, 0.3) is 0 Å². The highest BCUT2D eigenvalue weighted by atomic mass is 32.2. The SMILES string of the molecule is CCCCOc1ccc(NC(=O)CSCc2cccs2)cc1. The number of amides is 1. The number of nitrogens with one attached hydrogen (secondary N) is 1. The maximum atomic E-state index is 11.9. The number of hydrogen-bond acceptors (Lipinski definition) is 4. The predicted molar refractivity (Wildman–Crippen MR) is 96.0 cm³/mol. The molecule has 0 radical (unpaired) electrons. The second-order valence-electron chi connectivity index (χ2n) is 4.85. The first-order valence-corrected chi connectivity index (χ1v) is 9.44. The zero-order chi connectivity index (χ0) is 15.6. The minimum atomic E-state index is 0.0289. The summed E-state index contributed by atoms with van der Waals surface area (Å²) in [5, 5.41) is 4.96. The minimum Gasteiger partial charge on any atom is -0.494 e. The van der Waals surface area contributed by atoms with Crippen LogP contribution in [0.1, 0.15) is 24.6 Å². The van der Waals surface area contributed by atoms with Crippen LogP contribution in [0.15, 0.2) is 41.8 Å². The van der Waals surface area contributed by atoms with E-state index >= 15 is 0 Å². The van der Waals surface area contributed by atoms with Gasteiger partial charge < -0.3 is 10.1 Å². The molecule has 0 saturated heterocycles. The average molecular weight is 335 g/mol. The summed E-state index contributed by atoms with van der Waals surface area (Å²) < 4.78 is 5.60. The maximum absolute atomic E-state index is 11.9. The Morgan fingerprint density at radius 3 is 2.77 bits per heavy atom. The Bertz CT molecular complexity index is 553. The van der Waals surface area contributed by atoms with Gasteiger partial charge >= 0.3 is 0 Å². The molecular weight excluding hydrogens is 314 g/mol. The van der Waals surface area contributed by atoms with Crippen LogP contribution in [0.4, 0.5) is 5.69 Å². The lowest BCUT2D eigenvalue weighted by Crippen LogP contribution is -2.14. The zero-order valence-electron chi connectivity index (χ0n) is 12.7. The summed E-state index contributed by atoms with van der Waals surface area (Å²) in [7, 11) is 0. The Balaban J connectivity index is 1.69. The van der Waals surface area contributed by atoms with Crippen LogP contribution in [0.2, 0.25) is 0 Å². The number of benzene rings is 1. The molecule has 3 nitrogen and oxygen atoms in total. The number of thioether (sulfide) groups is 1. The van der Waals surface area contributed by atoms with E-state index in [0.717, 1.165) is 36.6 Å². The van der Waals surface area contributed by atoms with Gasteiger partial charge in [0.15, 0.2) is 0 Å². The molecule has 0 saturated carbocycles. The second kappa shape index (κ2) is 9.54. The van der Waals surface area contributed by atoms with Crippen LogP contribution in [0.5, 0.6) is 5.75 Å². The fourth-order valence-electron chi connectivity index (χ4n) is 1.80. The molecule has 2 rings (SSSR count). The molecule has 1 N–H and O–H groups in total. The first-order valence-electron chi connectivity index (χ1n) is 7.41. The number of anilines is 1. The van der Waals surface area contributed by atoms with Gasteiger partial charge in [0.25, 0.3) is 0 Å². The highest BCUT2D eigenvalue weighted by molar-refractivity contribution is 7.99. The summed E-state index contributed by atoms with van der Waals surface area (Å²) in [5.74, 6) is 2.22. The fraction of sp³-hybridized carbons (Fsp3) is 0.353. The van der Waals surface area contributed by atoms with Gasteiger partial charge in [-0.05, 0) is 42.1 Å². The number of hydrogen-bond donors (Lipinski definition) is 1. The van der Waals surface area contributed by atoms with Gasteiger partial charge in [-0.2, -0.15) is 0 Å². The molecule has 0 bridgehead atoms. The van der Waals surface area contributed by atoms with Crippen LogP contribution in [0, 0.1) is 0 Å². The van der Waals surface area contributed by atoms with Crippen molar-refractivity contribution in [2.45, 2.75) is 25.5 Å². The van der Waals surface area contributed by atoms with E-state index in [0.29, 0.717) is 5.75 Å². The molecular formula is C17H21NO2S2. The van der Waals surface area contributed by atoms with Crippen LogP contribution in [0.3, 0.4) is 0 Å². The monoisotopic (exact) mass is 335 g/mol. The molecule has 5 heteroatoms. The largest absolute Gasteiger partial charge is 0.494 e. The number of unbranched alkanes of at least 4 members (excludes halogenated alkanes) is 1. The van der Waals surface area contributed by atoms with Gasteiger partial charge in [-0.1, -0.05) is 19.4 Å². The molecule has 118 valence electrons. The van der Waals surface area contributed by atoms with Gasteiger partial charge in [-0.25, -0.2) is 0 Å². The molecule has 1 amide bonds. The van der Waals surface area contributed by atoms with Crippen LogP contribution in [-0.4, -0.2) is 18.3 Å². The summed E-state index contributed by atoms with van der Waals surface area (Å²) >= 11 is 3.35. The molecule has 1 aromatic heterocycles. The second-order valence-corrected chi connectivity index (χ2v) is 6.86. The van der Waals surface area contributed by atoms with Crippen LogP contribution < -0.4 is 10.1 Å². The maximum Gasteiger partial charge on any atom is 0.234 e. The number of carbonyl (C=O) groups is 1. The van der Waals surface area contributed by atoms with Gasteiger partial charge in [0.2, 0.25) is 5.91 Å². The Hall–Kier alpha value is -1.46. The Morgan fingerprint density at radius 2 is 2.09 bits per heavy atom. The van der Waals surface area contributed by atoms with Crippen molar-refractivity contribution in [3.8, 4) is 5.75 Å². The van der Waals surface area contributed by atoms with E-state index in [1.54, 1.807) is 23.1 Å². The van der Waals surface area contributed by atoms with Crippen molar-refractivity contribution >= 4 is 34.7 Å². The average Bonchev–Trinajstić information content (AvgIpc) is 3.03. The van der Waals surface area contributed by atoms with E-state index in [4.69, 9.17) is 4.74 Å². The smallest absolute Gasteiger partial charge is 0.234 e. The quantitative estimate of drug-likeness (QED) is 0.669. The third kappa shape index (κ3) is 6.12. The minimum absolute atomic E-state index is 0.0289. The Morgan fingerprint density at radius 1 is 1.27 bits per heavy atom. The third-order valence-corrected chi connectivity index (χ3v) is 5.00. The molecule has 0 spiro atoms. The zero-order valence-corrected chi connectivity index (χ0v) is 14.3. The van der Waals surface area contributed by atoms with E-state index in [1.165, 1.54) is 4.88 Å². The molecule has 0 atom stereocenters. The molecule has 0 aliphatic rings. The van der Waals surface area contributed by atoms with Crippen LogP contribution in [-0.2, 0) is 10.5 Å². The van der Waals surface area contributed by atoms with E-state index < -0.39 is 0 Å². The molecule has 1 aromatic carbocycles. The predicted octanol–water partition coefficient (Wildman–Crippen LogP) is 4.80. The van der Waals surface area contributed by atoms with Gasteiger partial charge in [0, 0.05) is 16.3 Å². The lowest BCUT2D eigenvalue weighted by atomic mass is 10.3. The van der Waals surface area contributed by atoms with Gasteiger partial charge in [-0.15, -0.1) is 23.1 Å². The lowest BCUT2D eigenvalue weighted by molar-refractivity contribution is -0.113. The van der Waals surface area contributed by atoms with E-state index in [2.05, 4.69) is 23.7 Å². The Labute approximate surface area is 140 Å². The molecule has 0 aliphatic heterocycles. The van der Waals surface area contributed by atoms with E-state index in [1.807, 2.05) is 30.3 Å². The van der Waals surface area contributed by atoms with Gasteiger partial charge in [-0.3, -0.25) is 4.79 Å². The summed E-state index contributed by atoms with van der Waals surface area (Å²) in [4.78, 5) is 13.2. The van der Waals surface area contributed by atoms with Crippen molar-refractivity contribution in [2.75, 3.05) is 17.7 Å². The molecule has 22 heavy (non-hydrogen) atoms. The van der Waals surface area contributed by atoms with E-state index in [-0.39, 0.29) is 5.91 Å². The standard InChI is InChI=1S/C17H21NO2S2/c1-2-3-10-20-15-8-6-14(7-9-15)18-17(19)13-21-12-16-5-4-11-22-16/h4-9,11H,2-3,10,12-13H2,1H3,(H,18,19). The van der Waals surface area contributed by atoms with E-state index in [9.17, 15) is 4.79 Å². The summed E-state index contributed by atoms with van der Waals surface area (Å²) in [6.07, 6.45) is 2.18. The molecule has 1 heterocycles. The van der Waals surface area contributed by atoms with Crippen molar-refractivity contribution in [1.82, 2.24) is 0 Å². The lowest BCUT2D eigenvalue weighted by Gasteiger charge is -2.08. The highest BCUT2D eigenvalue weighted by Gasteiger charge is 2.04. The van der Waals surface area contributed by atoms with Crippen molar-refractivity contribution in [3.63, 3.8) is 0 Å². The number of ether oxygens (including phenoxy) is 1. The number of rotatable bonds is 9. The molecule has 0 aliphatic carbocycles. The summed E-state index contributed by atoms with van der Waals surface area (Å²) in [6, 6.07) is 11.7. The van der Waals surface area contributed by atoms with Gasteiger partial charge in [0.1, 0.15) is 5.75 Å². The van der Waals surface area contributed by atoms with Crippen molar-refractivity contribution in [2.24, 2.45) is 0 Å². The summed E-state index contributed by atoms with van der Waals surface area (Å²) in [5.41, 5.74) is 0.810. The first-order chi connectivity index (χ1) is 10.8. The molecule has 0 fully saturated rings. The highest BCUT2D eigenvalue weighted by Crippen LogP contribution is 2.19.